The molecule has 2 aliphatic carbocycles. The monoisotopic (exact) mass is 432 g/mol. The van der Waals surface area contributed by atoms with Gasteiger partial charge < -0.3 is 31.2 Å². The number of benzene rings is 2. The molecule has 0 bridgehead atoms. The van der Waals surface area contributed by atoms with Gasteiger partial charge in [0.25, 0.3) is 0 Å². The summed E-state index contributed by atoms with van der Waals surface area (Å²) < 4.78 is 0. The summed E-state index contributed by atoms with van der Waals surface area (Å²) in [6, 6.07) is 15.4. The summed E-state index contributed by atoms with van der Waals surface area (Å²) in [6.45, 7) is 4.00. The van der Waals surface area contributed by atoms with Crippen LogP contribution in [0, 0.1) is 12.5 Å². The van der Waals surface area contributed by atoms with Gasteiger partial charge in [0, 0.05) is 0 Å². The molecule has 0 aromatic heterocycles. The Morgan fingerprint density at radius 3 is 2.17 bits per heavy atom. The maximum Gasteiger partial charge on any atom is 4.00 e. The van der Waals surface area contributed by atoms with E-state index in [1.54, 1.807) is 0 Å². The summed E-state index contributed by atoms with van der Waals surface area (Å²) in [5.74, 6) is 0. The Balaban J connectivity index is 0.000000827. The minimum absolute atomic E-state index is 0. The minimum atomic E-state index is 0. The number of rotatable bonds is 1. The second kappa shape index (κ2) is 11.1. The predicted molar refractivity (Wildman–Crippen MR) is 90.7 cm³/mol. The van der Waals surface area contributed by atoms with Gasteiger partial charge in [-0.25, -0.2) is 0 Å². The fourth-order valence-electron chi connectivity index (χ4n) is 3.00. The van der Waals surface area contributed by atoms with Crippen molar-refractivity contribution in [1.82, 2.24) is 0 Å². The number of halogens is 2. The predicted octanol–water partition coefficient (Wildman–Crippen LogP) is -0.360. The van der Waals surface area contributed by atoms with Gasteiger partial charge in [-0.15, -0.1) is 17.7 Å². The van der Waals surface area contributed by atoms with E-state index in [2.05, 4.69) is 60.7 Å². The zero-order chi connectivity index (χ0) is 14.7. The molecule has 0 radical (unpaired) electrons. The molecule has 0 amide bonds. The molecule has 4 rings (SSSR count). The molecule has 0 fully saturated rings. The summed E-state index contributed by atoms with van der Waals surface area (Å²) in [5, 5.41) is 0. The van der Waals surface area contributed by atoms with Crippen molar-refractivity contribution in [3.05, 3.63) is 83.8 Å². The van der Waals surface area contributed by atoms with E-state index in [1.165, 1.54) is 33.4 Å². The molecule has 0 nitrogen and oxygen atoms in total. The molecule has 0 saturated heterocycles. The number of hydrogen-bond acceptors (Lipinski definition) is 0. The molecule has 0 spiro atoms. The third-order valence-electron chi connectivity index (χ3n) is 3.84. The fraction of sp³-hybridized carbons (Fsp3) is 0.190. The van der Waals surface area contributed by atoms with Crippen LogP contribution in [0.25, 0.3) is 16.7 Å². The molecule has 0 unspecified atom stereocenters. The topological polar surface area (TPSA) is 0 Å². The average Bonchev–Trinajstić information content (AvgIpc) is 3.15. The average molecular weight is 435 g/mol. The summed E-state index contributed by atoms with van der Waals surface area (Å²) >= 11 is 0. The Morgan fingerprint density at radius 1 is 0.875 bits per heavy atom. The van der Waals surface area contributed by atoms with Gasteiger partial charge in [0.15, 0.2) is 0 Å². The SMILES string of the molecule is C[CH-]C.[C-]1=C(c2cccc3c2Cc2ccccc2-3)C=CC1.[Cl-].[Cl-].[Zr+4]. The molecule has 24 heavy (non-hydrogen) atoms. The van der Waals surface area contributed by atoms with Crippen molar-refractivity contribution in [3.8, 4) is 11.1 Å². The second-order valence-corrected chi connectivity index (χ2v) is 5.44. The normalized spacial score (nSPS) is 12.3. The van der Waals surface area contributed by atoms with Crippen LogP contribution in [0.1, 0.15) is 37.0 Å². The molecule has 2 aliphatic rings. The quantitative estimate of drug-likeness (QED) is 0.459. The summed E-state index contributed by atoms with van der Waals surface area (Å²) in [6.07, 6.45) is 11.8. The van der Waals surface area contributed by atoms with Crippen molar-refractivity contribution in [2.24, 2.45) is 0 Å². The molecule has 0 saturated carbocycles. The first kappa shape index (κ1) is 23.4. The van der Waals surface area contributed by atoms with E-state index in [0.29, 0.717) is 0 Å². The van der Waals surface area contributed by atoms with Crippen molar-refractivity contribution >= 4 is 5.57 Å². The van der Waals surface area contributed by atoms with Gasteiger partial charge in [-0.1, -0.05) is 48.4 Å². The first-order valence-electron chi connectivity index (χ1n) is 7.57. The fourth-order valence-corrected chi connectivity index (χ4v) is 3.00. The maximum absolute atomic E-state index is 3.43. The molecule has 0 aliphatic heterocycles. The Kier molecular flexibility index (Phi) is 10.8. The van der Waals surface area contributed by atoms with Gasteiger partial charge in [0.2, 0.25) is 0 Å². The molecule has 0 N–H and O–H groups in total. The van der Waals surface area contributed by atoms with Crippen LogP contribution < -0.4 is 24.8 Å². The minimum Gasteiger partial charge on any atom is -1.00 e. The van der Waals surface area contributed by atoms with E-state index in [9.17, 15) is 0 Å². The molecular weight excluding hydrogens is 414 g/mol. The Hall–Kier alpha value is -0.617. The smallest absolute Gasteiger partial charge is 1.00 e. The van der Waals surface area contributed by atoms with E-state index >= 15 is 0 Å². The van der Waals surface area contributed by atoms with Crippen LogP contribution in [0.4, 0.5) is 0 Å². The maximum atomic E-state index is 3.43. The third-order valence-corrected chi connectivity index (χ3v) is 3.84. The largest absolute Gasteiger partial charge is 4.00 e. The molecular formula is C21H20Cl2Zr. The summed E-state index contributed by atoms with van der Waals surface area (Å²) in [7, 11) is 0. The Bertz CT molecular complexity index is 718. The Labute approximate surface area is 177 Å². The zero-order valence-electron chi connectivity index (χ0n) is 13.9. The van der Waals surface area contributed by atoms with Gasteiger partial charge in [0.1, 0.15) is 0 Å². The van der Waals surface area contributed by atoms with Crippen LogP contribution in [-0.4, -0.2) is 0 Å². The van der Waals surface area contributed by atoms with Crippen LogP contribution in [0.15, 0.2) is 54.6 Å². The molecule has 3 heteroatoms. The zero-order valence-corrected chi connectivity index (χ0v) is 17.9. The summed E-state index contributed by atoms with van der Waals surface area (Å²) in [4.78, 5) is 0. The third kappa shape index (κ3) is 4.72. The van der Waals surface area contributed by atoms with Crippen LogP contribution in [0.3, 0.4) is 0 Å². The van der Waals surface area contributed by atoms with Gasteiger partial charge in [-0.3, -0.25) is 0 Å². The van der Waals surface area contributed by atoms with E-state index in [4.69, 9.17) is 0 Å². The van der Waals surface area contributed by atoms with Gasteiger partial charge >= 0.3 is 26.2 Å². The molecule has 0 atom stereocenters. The number of hydrogen-bond donors (Lipinski definition) is 0. The van der Waals surface area contributed by atoms with E-state index < -0.39 is 0 Å². The van der Waals surface area contributed by atoms with Crippen LogP contribution in [-0.2, 0) is 32.6 Å². The van der Waals surface area contributed by atoms with Crippen LogP contribution in [0.5, 0.6) is 0 Å². The van der Waals surface area contributed by atoms with E-state index in [0.717, 1.165) is 12.8 Å². The van der Waals surface area contributed by atoms with Crippen molar-refractivity contribution < 1.29 is 51.0 Å². The van der Waals surface area contributed by atoms with Gasteiger partial charge in [-0.2, -0.15) is 31.6 Å². The Morgan fingerprint density at radius 2 is 1.50 bits per heavy atom. The molecule has 2 aromatic rings. The van der Waals surface area contributed by atoms with Crippen LogP contribution in [0.2, 0.25) is 0 Å². The van der Waals surface area contributed by atoms with E-state index in [1.807, 2.05) is 20.3 Å². The van der Waals surface area contributed by atoms with E-state index in [-0.39, 0.29) is 51.0 Å². The molecule has 2 aromatic carbocycles. The first-order chi connectivity index (χ1) is 10.3. The van der Waals surface area contributed by atoms with Crippen molar-refractivity contribution in [2.75, 3.05) is 0 Å². The van der Waals surface area contributed by atoms with Gasteiger partial charge in [0.05, 0.1) is 0 Å². The first-order valence-corrected chi connectivity index (χ1v) is 7.57. The number of allylic oxidation sites excluding steroid dienone is 4. The standard InChI is InChI=1S/C18H13.C3H7.2ClH.Zr/c1-2-7-13(6-1)15-10-5-11-17-16-9-4-3-8-14(16)12-18(15)17;1-3-2;;;/h1,3-6,8-11H,2,12H2;3H,1-2H3;2*1H;/q2*-1;;;+4/p-2. The van der Waals surface area contributed by atoms with Crippen molar-refractivity contribution in [3.63, 3.8) is 0 Å². The van der Waals surface area contributed by atoms with Crippen LogP contribution >= 0.6 is 0 Å². The molecule has 0 heterocycles. The molecule has 122 valence electrons. The van der Waals surface area contributed by atoms with Gasteiger partial charge in [-0.05, 0) is 23.1 Å². The summed E-state index contributed by atoms with van der Waals surface area (Å²) in [5.41, 5.74) is 8.34. The second-order valence-electron chi connectivity index (χ2n) is 5.44. The number of fused-ring (bicyclic) bond motifs is 3. The van der Waals surface area contributed by atoms with Crippen molar-refractivity contribution in [1.29, 1.82) is 0 Å². The van der Waals surface area contributed by atoms with Crippen molar-refractivity contribution in [2.45, 2.75) is 26.7 Å².